The van der Waals surface area contributed by atoms with Crippen molar-refractivity contribution in [2.75, 3.05) is 93.2 Å². The van der Waals surface area contributed by atoms with E-state index in [9.17, 15) is 36.0 Å². The van der Waals surface area contributed by atoms with E-state index in [0.717, 1.165) is 18.1 Å². The van der Waals surface area contributed by atoms with Crippen LogP contribution in [-0.2, 0) is 41.5 Å². The second-order valence-electron chi connectivity index (χ2n) is 21.2. The number of likely N-dealkylation sites (N-methyl/N-ethyl adjacent to an activating group) is 2. The smallest absolute Gasteiger partial charge is 0.267 e. The molecule has 4 aromatic carbocycles. The quantitative estimate of drug-likeness (QED) is 0.0479. The number of benzene rings is 4. The fourth-order valence-corrected chi connectivity index (χ4v) is 10.6. The van der Waals surface area contributed by atoms with E-state index in [4.69, 9.17) is 71.6 Å². The minimum Gasteiger partial charge on any atom is -0.494 e. The van der Waals surface area contributed by atoms with Crippen molar-refractivity contribution < 1.29 is 35.9 Å². The predicted molar refractivity (Wildman–Crippen MR) is 361 cm³/mol. The number of nitrogens with two attached hydrogens (primary N) is 1. The van der Waals surface area contributed by atoms with Crippen LogP contribution in [0, 0.1) is 0 Å². The van der Waals surface area contributed by atoms with E-state index in [-0.39, 0.29) is 73.3 Å². The number of nitrogens with one attached hydrogen (secondary N) is 1. The Morgan fingerprint density at radius 2 is 0.967 bits per heavy atom. The molecule has 0 radical (unpaired) electrons. The van der Waals surface area contributed by atoms with Gasteiger partial charge in [-0.2, -0.15) is 0 Å². The van der Waals surface area contributed by atoms with Gasteiger partial charge in [0.25, 0.3) is 11.1 Å². The van der Waals surface area contributed by atoms with Crippen LogP contribution in [0.5, 0.6) is 11.5 Å². The molecule has 0 fully saturated rings. The molecule has 0 saturated carbocycles. The fraction of sp³-hybridized carbons (Fsp3) is 0.355. The SMILES string of the molecule is CCOc1ccc(-n2c(C(CCN)N(CCN(C)C)C(=O)Cc3ccc(Cl)c(Cl)c3)nc3ncccc3c2=O)cc1.CCOc1ccc(-n2c(C(CCNS(C)(=O)=O)N(CCN(C)C)C(=O)Cc3ccc(Cl)c(Cl)c3)nc3ncccc3c2=O)cc1.CS(=O)(=O)Cl. The number of hydrogen-bond donors (Lipinski definition) is 2. The number of pyridine rings is 2. The van der Waals surface area contributed by atoms with Gasteiger partial charge >= 0.3 is 0 Å². The van der Waals surface area contributed by atoms with E-state index in [2.05, 4.69) is 25.4 Å². The van der Waals surface area contributed by atoms with Crippen molar-refractivity contribution in [2.45, 2.75) is 51.6 Å². The Bertz CT molecular complexity index is 4140. The van der Waals surface area contributed by atoms with Crippen molar-refractivity contribution in [2.24, 2.45) is 5.73 Å². The van der Waals surface area contributed by atoms with Crippen molar-refractivity contribution in [1.82, 2.24) is 53.4 Å². The van der Waals surface area contributed by atoms with E-state index < -0.39 is 31.2 Å². The van der Waals surface area contributed by atoms with Crippen molar-refractivity contribution >= 4 is 110 Å². The summed E-state index contributed by atoms with van der Waals surface area (Å²) in [6.45, 7) is 6.76. The highest BCUT2D eigenvalue weighted by molar-refractivity contribution is 8.13. The van der Waals surface area contributed by atoms with Gasteiger partial charge in [0.2, 0.25) is 30.9 Å². The Hall–Kier alpha value is -6.81. The normalized spacial score (nSPS) is 12.2. The zero-order valence-electron chi connectivity index (χ0n) is 51.5. The van der Waals surface area contributed by atoms with E-state index in [1.54, 1.807) is 136 Å². The first-order valence-electron chi connectivity index (χ1n) is 28.6. The summed E-state index contributed by atoms with van der Waals surface area (Å²) < 4.78 is 59.6. The zero-order valence-corrected chi connectivity index (χ0v) is 56.9. The number of nitrogens with zero attached hydrogens (tertiary/aromatic N) is 10. The molecule has 8 aromatic rings. The van der Waals surface area contributed by atoms with Gasteiger partial charge in [0.05, 0.1) is 92.9 Å². The summed E-state index contributed by atoms with van der Waals surface area (Å²) in [5.41, 5.74) is 8.44. The number of ether oxygens (including phenoxy) is 2. The lowest BCUT2D eigenvalue weighted by molar-refractivity contribution is -0.134. The highest BCUT2D eigenvalue weighted by atomic mass is 35.7. The van der Waals surface area contributed by atoms with Gasteiger partial charge in [-0.1, -0.05) is 58.5 Å². The summed E-state index contributed by atoms with van der Waals surface area (Å²) >= 11 is 24.7. The molecule has 2 atom stereocenters. The van der Waals surface area contributed by atoms with E-state index >= 15 is 0 Å². The molecule has 0 aliphatic carbocycles. The van der Waals surface area contributed by atoms with Gasteiger partial charge in [0.1, 0.15) is 23.1 Å². The van der Waals surface area contributed by atoms with Gasteiger partial charge in [-0.05, 0) is 170 Å². The maximum absolute atomic E-state index is 14.2. The average Bonchev–Trinajstić information content (AvgIpc) is 1.06. The van der Waals surface area contributed by atoms with Crippen LogP contribution in [0.3, 0.4) is 0 Å². The molecule has 0 aliphatic rings. The molecule has 8 rings (SSSR count). The van der Waals surface area contributed by atoms with Crippen molar-refractivity contribution in [1.29, 1.82) is 0 Å². The number of fused-ring (bicyclic) bond motifs is 2. The summed E-state index contributed by atoms with van der Waals surface area (Å²) in [5.74, 6) is 1.52. The van der Waals surface area contributed by atoms with Gasteiger partial charge in [0, 0.05) is 55.8 Å². The van der Waals surface area contributed by atoms with Crippen LogP contribution in [0.4, 0.5) is 0 Å². The van der Waals surface area contributed by atoms with E-state index in [0.29, 0.717) is 110 Å². The van der Waals surface area contributed by atoms with Gasteiger partial charge in [-0.25, -0.2) is 41.5 Å². The highest BCUT2D eigenvalue weighted by Gasteiger charge is 2.33. The van der Waals surface area contributed by atoms with Crippen molar-refractivity contribution in [3.05, 3.63) is 185 Å². The Labute approximate surface area is 554 Å². The summed E-state index contributed by atoms with van der Waals surface area (Å²) in [6, 6.07) is 29.6. The molecule has 22 nitrogen and oxygen atoms in total. The molecule has 2 amide bonds. The van der Waals surface area contributed by atoms with Crippen LogP contribution in [0.25, 0.3) is 33.4 Å². The number of aromatic nitrogens is 6. The summed E-state index contributed by atoms with van der Waals surface area (Å²) in [5, 5.41) is 2.16. The van der Waals surface area contributed by atoms with E-state index in [1.807, 2.05) is 51.8 Å². The predicted octanol–water partition coefficient (Wildman–Crippen LogP) is 8.79. The third kappa shape index (κ3) is 21.6. The van der Waals surface area contributed by atoms with Crippen LogP contribution in [0.1, 0.15) is 61.5 Å². The highest BCUT2D eigenvalue weighted by Crippen LogP contribution is 2.31. The lowest BCUT2D eigenvalue weighted by atomic mass is 10.1. The second kappa shape index (κ2) is 34.2. The van der Waals surface area contributed by atoms with E-state index in [1.165, 1.54) is 4.57 Å². The molecule has 4 aromatic heterocycles. The summed E-state index contributed by atoms with van der Waals surface area (Å²) in [4.78, 5) is 81.9. The Morgan fingerprint density at radius 1 is 0.582 bits per heavy atom. The molecule has 0 bridgehead atoms. The number of rotatable bonds is 26. The molecule has 488 valence electrons. The molecule has 2 unspecified atom stereocenters. The number of carbonyl (C=O) groups is 2. The molecular weight excluding hydrogens is 1310 g/mol. The van der Waals surface area contributed by atoms with Crippen molar-refractivity contribution in [3.63, 3.8) is 0 Å². The standard InChI is InChI=1S/C31H36Cl2N6O5S.C30H34Cl2N6O3.CH3ClO2S/c1-5-44-23-11-9-22(10-12-23)39-30(36-29-24(31(39)41)7-6-15-34-29)27(14-16-35-45(4,42)43)38(18-17-37(2)3)28(40)20-21-8-13-25(32)26(33)19-21;1-4-41-22-10-8-21(9-11-22)38-29(35-28-23(30(38)40)6-5-15-34-28)26(13-14-33)37(17-16-36(2)3)27(39)19-20-7-12-24(31)25(32)18-20;1-5(2,3)4/h6-13,15,19,27,35H,5,14,16-18,20H2,1-4H3;5-12,15,18,26H,4,13-14,16-17,19,33H2,1-3H3;1H3. The number of carbonyl (C=O) groups excluding carboxylic acids is 2. The summed E-state index contributed by atoms with van der Waals surface area (Å²) in [6.07, 6.45) is 5.70. The third-order valence-electron chi connectivity index (χ3n) is 13.6. The maximum atomic E-state index is 14.2. The Morgan fingerprint density at radius 3 is 1.31 bits per heavy atom. The first-order chi connectivity index (χ1) is 43.1. The van der Waals surface area contributed by atoms with Gasteiger partial charge in [-0.3, -0.25) is 28.3 Å². The van der Waals surface area contributed by atoms with Crippen LogP contribution in [-0.4, -0.2) is 171 Å². The lowest BCUT2D eigenvalue weighted by Gasteiger charge is -2.34. The molecule has 91 heavy (non-hydrogen) atoms. The second-order valence-corrected chi connectivity index (χ2v) is 27.7. The van der Waals surface area contributed by atoms with Crippen LogP contribution >= 0.6 is 57.1 Å². The van der Waals surface area contributed by atoms with Gasteiger partial charge in [0.15, 0.2) is 11.3 Å². The van der Waals surface area contributed by atoms with Crippen LogP contribution in [0.15, 0.2) is 131 Å². The molecule has 0 aliphatic heterocycles. The molecule has 3 N–H and O–H groups in total. The maximum Gasteiger partial charge on any atom is 0.267 e. The van der Waals surface area contributed by atoms with Crippen molar-refractivity contribution in [3.8, 4) is 22.9 Å². The Kier molecular flexibility index (Phi) is 27.5. The first-order valence-corrected chi connectivity index (χ1v) is 34.8. The molecule has 0 spiro atoms. The number of amides is 2. The van der Waals surface area contributed by atoms with Crippen LogP contribution < -0.4 is 31.0 Å². The zero-order chi connectivity index (χ0) is 66.7. The summed E-state index contributed by atoms with van der Waals surface area (Å²) in [7, 11) is 5.40. The molecule has 0 saturated heterocycles. The molecule has 4 heterocycles. The van der Waals surface area contributed by atoms with Gasteiger partial charge in [-0.15, -0.1) is 0 Å². The number of sulfonamides is 1. The number of hydrogen-bond acceptors (Lipinski definition) is 17. The number of halogens is 5. The fourth-order valence-electron chi connectivity index (χ4n) is 9.50. The first kappa shape index (κ1) is 73.2. The minimum absolute atomic E-state index is 0.0125. The minimum atomic E-state index is -3.55. The largest absolute Gasteiger partial charge is 0.494 e. The molecular formula is C62H73Cl5N12O10S2. The topological polar surface area (TPSA) is 267 Å². The monoisotopic (exact) mass is 1380 g/mol. The average molecular weight is 1390 g/mol. The van der Waals surface area contributed by atoms with Crippen LogP contribution in [0.2, 0.25) is 20.1 Å². The molecule has 29 heteroatoms. The van der Waals surface area contributed by atoms with Gasteiger partial charge < -0.3 is 34.8 Å². The lowest BCUT2D eigenvalue weighted by Crippen LogP contribution is -2.43. The third-order valence-corrected chi connectivity index (χ3v) is 15.8. The Balaban J connectivity index is 0.000000270.